The number of aromatic nitrogens is 1. The number of carbonyl (C=O) groups is 3. The molecule has 9 heteroatoms. The highest BCUT2D eigenvalue weighted by atomic mass is 16.7. The summed E-state index contributed by atoms with van der Waals surface area (Å²) in [6.45, 7) is 6.20. The van der Waals surface area contributed by atoms with Crippen molar-refractivity contribution in [2.45, 2.75) is 33.6 Å². The lowest BCUT2D eigenvalue weighted by Crippen LogP contribution is -2.22. The molecule has 3 rings (SSSR count). The maximum atomic E-state index is 12.3. The number of hydrogen-bond donors (Lipinski definition) is 1. The third-order valence-corrected chi connectivity index (χ3v) is 4.12. The van der Waals surface area contributed by atoms with Gasteiger partial charge in [0.15, 0.2) is 29.6 Å². The van der Waals surface area contributed by atoms with Crippen molar-refractivity contribution in [3.63, 3.8) is 0 Å². The monoisotopic (exact) mass is 388 g/mol. The molecular weight excluding hydrogens is 368 g/mol. The van der Waals surface area contributed by atoms with E-state index in [0.717, 1.165) is 0 Å². The van der Waals surface area contributed by atoms with Gasteiger partial charge in [0.05, 0.1) is 11.4 Å². The molecule has 9 nitrogen and oxygen atoms in total. The van der Waals surface area contributed by atoms with Crippen molar-refractivity contribution in [3.8, 4) is 11.5 Å². The molecule has 1 aliphatic rings. The van der Waals surface area contributed by atoms with E-state index in [1.807, 2.05) is 13.8 Å². The Morgan fingerprint density at radius 3 is 2.54 bits per heavy atom. The van der Waals surface area contributed by atoms with Gasteiger partial charge >= 0.3 is 5.97 Å². The Balaban J connectivity index is 1.69. The minimum absolute atomic E-state index is 0.0396. The van der Waals surface area contributed by atoms with Gasteiger partial charge in [-0.05, 0) is 19.9 Å². The third-order valence-electron chi connectivity index (χ3n) is 4.12. The van der Waals surface area contributed by atoms with Gasteiger partial charge in [-0.25, -0.2) is 4.79 Å². The molecule has 2 aromatic rings. The molecule has 28 heavy (non-hydrogen) atoms. The number of ketones is 1. The zero-order valence-corrected chi connectivity index (χ0v) is 16.0. The zero-order valence-electron chi connectivity index (χ0n) is 16.0. The van der Waals surface area contributed by atoms with Crippen LogP contribution >= 0.6 is 0 Å². The maximum Gasteiger partial charge on any atom is 0.344 e. The number of nitrogens with one attached hydrogen (secondary N) is 1. The fourth-order valence-corrected chi connectivity index (χ4v) is 2.76. The van der Waals surface area contributed by atoms with E-state index in [9.17, 15) is 14.4 Å². The number of nitrogens with zero attached hydrogens (tertiary/aromatic N) is 1. The first kappa shape index (κ1) is 19.4. The fourth-order valence-electron chi connectivity index (χ4n) is 2.76. The second-order valence-corrected chi connectivity index (χ2v) is 6.59. The van der Waals surface area contributed by atoms with Crippen LogP contribution in [-0.4, -0.2) is 36.2 Å². The van der Waals surface area contributed by atoms with Gasteiger partial charge in [-0.2, -0.15) is 0 Å². The summed E-state index contributed by atoms with van der Waals surface area (Å²) in [6.07, 6.45) is 0. The van der Waals surface area contributed by atoms with Crippen molar-refractivity contribution in [1.82, 2.24) is 5.16 Å². The Bertz CT molecular complexity index is 946. The minimum Gasteiger partial charge on any atom is -0.454 e. The van der Waals surface area contributed by atoms with Crippen LogP contribution in [0.3, 0.4) is 0 Å². The minimum atomic E-state index is -0.699. The molecule has 0 saturated heterocycles. The molecule has 2 heterocycles. The van der Waals surface area contributed by atoms with Crippen LogP contribution in [-0.2, 0) is 9.53 Å². The molecule has 1 amide bonds. The van der Waals surface area contributed by atoms with Gasteiger partial charge in [0.1, 0.15) is 5.56 Å². The predicted octanol–water partition coefficient (Wildman–Crippen LogP) is 2.83. The van der Waals surface area contributed by atoms with Gasteiger partial charge in [0, 0.05) is 17.5 Å². The van der Waals surface area contributed by atoms with Crippen LogP contribution in [0.15, 0.2) is 16.7 Å². The lowest BCUT2D eigenvalue weighted by Gasteiger charge is -2.11. The SMILES string of the molecule is CC(=O)c1cc2c(cc1NC(=O)COC(=O)c1c(C)noc1C(C)C)OCO2. The Morgan fingerprint density at radius 2 is 1.89 bits per heavy atom. The second-order valence-electron chi connectivity index (χ2n) is 6.59. The molecule has 1 N–H and O–H groups in total. The van der Waals surface area contributed by atoms with Crippen LogP contribution in [0.25, 0.3) is 0 Å². The quantitative estimate of drug-likeness (QED) is 0.593. The van der Waals surface area contributed by atoms with E-state index >= 15 is 0 Å². The zero-order chi connectivity index (χ0) is 20.4. The summed E-state index contributed by atoms with van der Waals surface area (Å²) in [5.41, 5.74) is 1.13. The molecule has 0 fully saturated rings. The number of rotatable bonds is 6. The number of ether oxygens (including phenoxy) is 3. The first-order chi connectivity index (χ1) is 13.3. The number of carbonyl (C=O) groups excluding carboxylic acids is 3. The molecule has 0 atom stereocenters. The second kappa shape index (κ2) is 7.71. The number of benzene rings is 1. The third kappa shape index (κ3) is 3.83. The van der Waals surface area contributed by atoms with Crippen LogP contribution in [0.1, 0.15) is 58.9 Å². The number of aryl methyl sites for hydroxylation is 1. The Kier molecular flexibility index (Phi) is 5.34. The molecule has 148 valence electrons. The van der Waals surface area contributed by atoms with Crippen molar-refractivity contribution in [2.75, 3.05) is 18.7 Å². The van der Waals surface area contributed by atoms with E-state index in [-0.39, 0.29) is 35.3 Å². The Hall–Kier alpha value is -3.36. The molecule has 1 aliphatic heterocycles. The summed E-state index contributed by atoms with van der Waals surface area (Å²) < 4.78 is 20.7. The highest BCUT2D eigenvalue weighted by molar-refractivity contribution is 6.05. The Morgan fingerprint density at radius 1 is 1.21 bits per heavy atom. The van der Waals surface area contributed by atoms with E-state index in [1.54, 1.807) is 6.92 Å². The van der Waals surface area contributed by atoms with E-state index in [2.05, 4.69) is 10.5 Å². The molecular formula is C19H20N2O7. The molecule has 0 aliphatic carbocycles. The average Bonchev–Trinajstić information content (AvgIpc) is 3.24. The van der Waals surface area contributed by atoms with Crippen LogP contribution in [0.5, 0.6) is 11.5 Å². The molecule has 0 unspecified atom stereocenters. The summed E-state index contributed by atoms with van der Waals surface area (Å²) in [6, 6.07) is 3.00. The Labute approximate surface area is 160 Å². The van der Waals surface area contributed by atoms with E-state index in [4.69, 9.17) is 18.7 Å². The highest BCUT2D eigenvalue weighted by Crippen LogP contribution is 2.37. The normalized spacial score (nSPS) is 12.2. The van der Waals surface area contributed by atoms with E-state index in [0.29, 0.717) is 23.0 Å². The number of anilines is 1. The van der Waals surface area contributed by atoms with Crippen molar-refractivity contribution in [1.29, 1.82) is 0 Å². The van der Waals surface area contributed by atoms with E-state index < -0.39 is 18.5 Å². The summed E-state index contributed by atoms with van der Waals surface area (Å²) in [5, 5.41) is 6.34. The predicted molar refractivity (Wildman–Crippen MR) is 96.8 cm³/mol. The van der Waals surface area contributed by atoms with Gasteiger partial charge < -0.3 is 24.1 Å². The number of amides is 1. The van der Waals surface area contributed by atoms with Gasteiger partial charge in [-0.3, -0.25) is 9.59 Å². The van der Waals surface area contributed by atoms with Crippen LogP contribution in [0.2, 0.25) is 0 Å². The largest absolute Gasteiger partial charge is 0.454 e. The van der Waals surface area contributed by atoms with Gasteiger partial charge in [0.25, 0.3) is 5.91 Å². The molecule has 0 radical (unpaired) electrons. The first-order valence-corrected chi connectivity index (χ1v) is 8.65. The summed E-state index contributed by atoms with van der Waals surface area (Å²) in [7, 11) is 0. The summed E-state index contributed by atoms with van der Waals surface area (Å²) in [5.74, 6) is -0.378. The average molecular weight is 388 g/mol. The molecule has 1 aromatic heterocycles. The van der Waals surface area contributed by atoms with Crippen molar-refractivity contribution >= 4 is 23.3 Å². The number of hydrogen-bond acceptors (Lipinski definition) is 8. The van der Waals surface area contributed by atoms with Crippen LogP contribution in [0, 0.1) is 6.92 Å². The van der Waals surface area contributed by atoms with Gasteiger partial charge in [-0.1, -0.05) is 19.0 Å². The standard InChI is InChI=1S/C19H20N2O7/c1-9(2)18-17(10(3)21-28-18)19(24)25-7-16(23)20-13-6-15-14(26-8-27-15)5-12(13)11(4)22/h5-6,9H,7-8H2,1-4H3,(H,20,23). The molecule has 0 saturated carbocycles. The fraction of sp³-hybridized carbons (Fsp3) is 0.368. The van der Waals surface area contributed by atoms with Crippen molar-refractivity contribution in [2.24, 2.45) is 0 Å². The van der Waals surface area contributed by atoms with Gasteiger partial charge in [0.2, 0.25) is 6.79 Å². The van der Waals surface area contributed by atoms with Crippen molar-refractivity contribution in [3.05, 3.63) is 34.7 Å². The summed E-state index contributed by atoms with van der Waals surface area (Å²) >= 11 is 0. The maximum absolute atomic E-state index is 12.3. The van der Waals surface area contributed by atoms with Crippen LogP contribution in [0.4, 0.5) is 5.69 Å². The molecule has 0 bridgehead atoms. The summed E-state index contributed by atoms with van der Waals surface area (Å²) in [4.78, 5) is 36.5. The van der Waals surface area contributed by atoms with Crippen LogP contribution < -0.4 is 14.8 Å². The van der Waals surface area contributed by atoms with E-state index in [1.165, 1.54) is 19.1 Å². The smallest absolute Gasteiger partial charge is 0.344 e. The highest BCUT2D eigenvalue weighted by Gasteiger charge is 2.25. The lowest BCUT2D eigenvalue weighted by molar-refractivity contribution is -0.119. The molecule has 1 aromatic carbocycles. The molecule has 0 spiro atoms. The topological polar surface area (TPSA) is 117 Å². The van der Waals surface area contributed by atoms with Gasteiger partial charge in [-0.15, -0.1) is 0 Å². The first-order valence-electron chi connectivity index (χ1n) is 8.65. The number of esters is 1. The lowest BCUT2D eigenvalue weighted by atomic mass is 10.1. The number of Topliss-reactive ketones (excluding diaryl/α,β-unsaturated/α-hetero) is 1. The van der Waals surface area contributed by atoms with Crippen molar-refractivity contribution < 1.29 is 33.1 Å². The number of fused-ring (bicyclic) bond motifs is 1.